The van der Waals surface area contributed by atoms with Crippen LogP contribution < -0.4 is 5.46 Å². The Bertz CT molecular complexity index is 487. The van der Waals surface area contributed by atoms with Crippen LogP contribution in [0.4, 0.5) is 0 Å². The van der Waals surface area contributed by atoms with Crippen LogP contribution in [0.1, 0.15) is 17.3 Å². The lowest BCUT2D eigenvalue weighted by molar-refractivity contribution is 0.112. The van der Waals surface area contributed by atoms with Crippen LogP contribution in [0, 0.1) is 0 Å². The summed E-state index contributed by atoms with van der Waals surface area (Å²) in [5.41, 5.74) is 2.45. The summed E-state index contributed by atoms with van der Waals surface area (Å²) >= 11 is 0. The first-order valence-electron chi connectivity index (χ1n) is 4.59. The molecule has 0 saturated carbocycles. The van der Waals surface area contributed by atoms with Gasteiger partial charge in [0, 0.05) is 29.2 Å². The van der Waals surface area contributed by atoms with Gasteiger partial charge in [0.05, 0.1) is 0 Å². The zero-order valence-corrected chi connectivity index (χ0v) is 8.03. The molecule has 0 unspecified atom stereocenters. The minimum Gasteiger partial charge on any atom is -0.347 e. The maximum Gasteiger partial charge on any atom is 0.152 e. The van der Waals surface area contributed by atoms with Gasteiger partial charge in [0.1, 0.15) is 7.85 Å². The number of carbonyl (C=O) groups excluding carboxylic acids is 1. The van der Waals surface area contributed by atoms with Gasteiger partial charge in [0.2, 0.25) is 0 Å². The van der Waals surface area contributed by atoms with Gasteiger partial charge < -0.3 is 4.57 Å². The number of carbonyl (C=O) groups is 1. The summed E-state index contributed by atoms with van der Waals surface area (Å²) in [6, 6.07) is 5.63. The molecule has 0 saturated heterocycles. The molecule has 3 heteroatoms. The summed E-state index contributed by atoms with van der Waals surface area (Å²) in [4.78, 5) is 10.8. The Hall–Kier alpha value is -1.51. The van der Waals surface area contributed by atoms with Crippen LogP contribution in [0.15, 0.2) is 24.4 Å². The highest BCUT2D eigenvalue weighted by molar-refractivity contribution is 6.33. The van der Waals surface area contributed by atoms with Crippen LogP contribution in [-0.2, 0) is 6.54 Å². The molecule has 0 aliphatic heterocycles. The summed E-state index contributed by atoms with van der Waals surface area (Å²) in [6.07, 6.45) is 2.73. The number of aryl methyl sites for hydroxylation is 1. The number of hydrogen-bond donors (Lipinski definition) is 0. The number of aldehydes is 1. The Morgan fingerprint density at radius 1 is 1.50 bits per heavy atom. The van der Waals surface area contributed by atoms with Crippen LogP contribution in [0.3, 0.4) is 0 Å². The molecule has 0 aliphatic rings. The Balaban J connectivity index is 2.82. The molecule has 0 N–H and O–H groups in total. The van der Waals surface area contributed by atoms with Gasteiger partial charge in [-0.15, -0.1) is 0 Å². The van der Waals surface area contributed by atoms with Crippen LogP contribution in [0.25, 0.3) is 10.9 Å². The van der Waals surface area contributed by atoms with Crippen molar-refractivity contribution in [2.75, 3.05) is 0 Å². The Labute approximate surface area is 83.9 Å². The number of fused-ring (bicyclic) bond motifs is 1. The van der Waals surface area contributed by atoms with Gasteiger partial charge in [0.25, 0.3) is 0 Å². The van der Waals surface area contributed by atoms with E-state index in [0.717, 1.165) is 23.7 Å². The Morgan fingerprint density at radius 3 is 2.93 bits per heavy atom. The fourth-order valence-electron chi connectivity index (χ4n) is 1.70. The van der Waals surface area contributed by atoms with E-state index in [4.69, 9.17) is 7.85 Å². The van der Waals surface area contributed by atoms with Crippen molar-refractivity contribution in [1.82, 2.24) is 4.57 Å². The predicted octanol–water partition coefficient (Wildman–Crippen LogP) is 1.27. The van der Waals surface area contributed by atoms with E-state index in [1.54, 1.807) is 0 Å². The first kappa shape index (κ1) is 9.07. The van der Waals surface area contributed by atoms with Gasteiger partial charge in [-0.25, -0.2) is 0 Å². The van der Waals surface area contributed by atoms with Crippen molar-refractivity contribution in [1.29, 1.82) is 0 Å². The van der Waals surface area contributed by atoms with E-state index in [0.29, 0.717) is 11.0 Å². The average molecular weight is 183 g/mol. The van der Waals surface area contributed by atoms with Crippen molar-refractivity contribution in [2.24, 2.45) is 0 Å². The van der Waals surface area contributed by atoms with Crippen molar-refractivity contribution in [3.05, 3.63) is 30.0 Å². The SMILES string of the molecule is [B]c1ccc2c(c1)c(C=O)cn2CC. The van der Waals surface area contributed by atoms with Crippen LogP contribution in [0.2, 0.25) is 0 Å². The third-order valence-electron chi connectivity index (χ3n) is 2.40. The largest absolute Gasteiger partial charge is 0.347 e. The molecule has 68 valence electrons. The van der Waals surface area contributed by atoms with Crippen molar-refractivity contribution in [3.63, 3.8) is 0 Å². The van der Waals surface area contributed by atoms with Crippen molar-refractivity contribution in [2.45, 2.75) is 13.5 Å². The highest BCUT2D eigenvalue weighted by Crippen LogP contribution is 2.18. The normalized spacial score (nSPS) is 10.6. The zero-order valence-electron chi connectivity index (χ0n) is 8.03. The molecule has 0 aliphatic carbocycles. The number of benzene rings is 1. The fourth-order valence-corrected chi connectivity index (χ4v) is 1.70. The molecular formula is C11H10BNO. The molecule has 1 heterocycles. The van der Waals surface area contributed by atoms with Gasteiger partial charge in [-0.05, 0) is 13.0 Å². The average Bonchev–Trinajstić information content (AvgIpc) is 2.55. The van der Waals surface area contributed by atoms with Gasteiger partial charge in [-0.2, -0.15) is 0 Å². The molecule has 14 heavy (non-hydrogen) atoms. The Kier molecular flexibility index (Phi) is 2.16. The molecular weight excluding hydrogens is 173 g/mol. The summed E-state index contributed by atoms with van der Waals surface area (Å²) < 4.78 is 2.04. The van der Waals surface area contributed by atoms with E-state index in [9.17, 15) is 4.79 Å². The maximum absolute atomic E-state index is 10.8. The van der Waals surface area contributed by atoms with Gasteiger partial charge in [-0.3, -0.25) is 4.79 Å². The zero-order chi connectivity index (χ0) is 10.1. The number of nitrogens with zero attached hydrogens (tertiary/aromatic N) is 1. The van der Waals surface area contributed by atoms with Gasteiger partial charge in [0.15, 0.2) is 6.29 Å². The maximum atomic E-state index is 10.8. The summed E-state index contributed by atoms with van der Waals surface area (Å²) in [6.45, 7) is 2.90. The molecule has 1 aromatic carbocycles. The fraction of sp³-hybridized carbons (Fsp3) is 0.182. The topological polar surface area (TPSA) is 22.0 Å². The second-order valence-corrected chi connectivity index (χ2v) is 3.26. The van der Waals surface area contributed by atoms with Crippen molar-refractivity contribution < 1.29 is 4.79 Å². The van der Waals surface area contributed by atoms with E-state index < -0.39 is 0 Å². The number of hydrogen-bond acceptors (Lipinski definition) is 1. The first-order valence-corrected chi connectivity index (χ1v) is 4.59. The summed E-state index contributed by atoms with van der Waals surface area (Å²) in [7, 11) is 5.67. The quantitative estimate of drug-likeness (QED) is 0.507. The highest BCUT2D eigenvalue weighted by atomic mass is 16.1. The molecule has 0 atom stereocenters. The number of aromatic nitrogens is 1. The highest BCUT2D eigenvalue weighted by Gasteiger charge is 2.05. The lowest BCUT2D eigenvalue weighted by Crippen LogP contribution is -2.00. The molecule has 0 spiro atoms. The second-order valence-electron chi connectivity index (χ2n) is 3.26. The van der Waals surface area contributed by atoms with E-state index in [1.807, 2.05) is 35.9 Å². The van der Waals surface area contributed by atoms with Gasteiger partial charge in [-0.1, -0.05) is 17.6 Å². The lowest BCUT2D eigenvalue weighted by Gasteiger charge is -2.00. The molecule has 0 bridgehead atoms. The van der Waals surface area contributed by atoms with E-state index in [1.165, 1.54) is 0 Å². The molecule has 2 rings (SSSR count). The monoisotopic (exact) mass is 183 g/mol. The van der Waals surface area contributed by atoms with Crippen LogP contribution in [-0.4, -0.2) is 18.7 Å². The van der Waals surface area contributed by atoms with E-state index in [-0.39, 0.29) is 0 Å². The summed E-state index contributed by atoms with van der Waals surface area (Å²) in [5, 5.41) is 0.932. The van der Waals surface area contributed by atoms with Gasteiger partial charge >= 0.3 is 0 Å². The van der Waals surface area contributed by atoms with Crippen LogP contribution >= 0.6 is 0 Å². The van der Waals surface area contributed by atoms with Crippen molar-refractivity contribution in [3.8, 4) is 0 Å². The minimum atomic E-state index is 0.689. The second kappa shape index (κ2) is 3.33. The molecule has 0 fully saturated rings. The first-order chi connectivity index (χ1) is 6.76. The molecule has 2 nitrogen and oxygen atoms in total. The summed E-state index contributed by atoms with van der Waals surface area (Å²) in [5.74, 6) is 0. The third kappa shape index (κ3) is 1.25. The molecule has 0 amide bonds. The smallest absolute Gasteiger partial charge is 0.152 e. The standard InChI is InChI=1S/C11H10BNO/c1-2-13-6-8(7-14)10-5-9(12)3-4-11(10)13/h3-7H,2H2,1H3. The minimum absolute atomic E-state index is 0.689. The third-order valence-corrected chi connectivity index (χ3v) is 2.40. The number of rotatable bonds is 2. The van der Waals surface area contributed by atoms with Crippen molar-refractivity contribution >= 4 is 30.5 Å². The van der Waals surface area contributed by atoms with Crippen LogP contribution in [0.5, 0.6) is 0 Å². The molecule has 2 radical (unpaired) electrons. The van der Waals surface area contributed by atoms with E-state index >= 15 is 0 Å². The molecule has 2 aromatic rings. The molecule has 1 aromatic heterocycles. The van der Waals surface area contributed by atoms with E-state index in [2.05, 4.69) is 0 Å². The lowest BCUT2D eigenvalue weighted by atomic mass is 9.94. The Morgan fingerprint density at radius 2 is 2.29 bits per heavy atom. The predicted molar refractivity (Wildman–Crippen MR) is 58.4 cm³/mol.